The quantitative estimate of drug-likeness (QED) is 0.412. The Hall–Kier alpha value is -4.31. The molecule has 10 heteroatoms. The van der Waals surface area contributed by atoms with Crippen LogP contribution in [0.4, 0.5) is 11.4 Å². The first-order valence-electron chi connectivity index (χ1n) is 10.2. The summed E-state index contributed by atoms with van der Waals surface area (Å²) in [6, 6.07) is 15.4. The number of hydrogen-bond donors (Lipinski definition) is 2. The number of benzene rings is 2. The van der Waals surface area contributed by atoms with Crippen molar-refractivity contribution >= 4 is 50.7 Å². The predicted octanol–water partition coefficient (Wildman–Crippen LogP) is 3.44. The van der Waals surface area contributed by atoms with Crippen molar-refractivity contribution in [1.82, 2.24) is 9.55 Å². The average Bonchev–Trinajstić information content (AvgIpc) is 3.18. The first kappa shape index (κ1) is 22.9. The molecule has 4 rings (SSSR count). The van der Waals surface area contributed by atoms with Crippen LogP contribution in [0.2, 0.25) is 0 Å². The van der Waals surface area contributed by atoms with Crippen LogP contribution in [-0.2, 0) is 16.1 Å². The zero-order valence-corrected chi connectivity index (χ0v) is 19.1. The van der Waals surface area contributed by atoms with Gasteiger partial charge in [-0.1, -0.05) is 30.3 Å². The van der Waals surface area contributed by atoms with Crippen molar-refractivity contribution in [3.05, 3.63) is 87.3 Å². The topological polar surface area (TPSA) is 119 Å². The van der Waals surface area contributed by atoms with Gasteiger partial charge in [0.1, 0.15) is 11.4 Å². The molecule has 0 radical (unpaired) electrons. The molecule has 172 valence electrons. The van der Waals surface area contributed by atoms with Gasteiger partial charge in [-0.15, -0.1) is 11.3 Å². The minimum atomic E-state index is -0.591. The normalized spacial score (nSPS) is 10.6. The maximum absolute atomic E-state index is 13.1. The van der Waals surface area contributed by atoms with Crippen LogP contribution in [0.15, 0.2) is 65.7 Å². The van der Waals surface area contributed by atoms with Crippen molar-refractivity contribution in [2.24, 2.45) is 0 Å². The summed E-state index contributed by atoms with van der Waals surface area (Å²) < 4.78 is 5.89. The third-order valence-corrected chi connectivity index (χ3v) is 6.27. The van der Waals surface area contributed by atoms with Crippen LogP contribution in [0.1, 0.15) is 25.6 Å². The second kappa shape index (κ2) is 9.67. The van der Waals surface area contributed by atoms with Gasteiger partial charge in [0.2, 0.25) is 5.91 Å². The number of anilines is 2. The van der Waals surface area contributed by atoms with E-state index in [1.807, 2.05) is 18.2 Å². The lowest BCUT2D eigenvalue weighted by Gasteiger charge is -2.10. The van der Waals surface area contributed by atoms with Gasteiger partial charge in [0.15, 0.2) is 0 Å². The lowest BCUT2D eigenvalue weighted by Crippen LogP contribution is -2.28. The van der Waals surface area contributed by atoms with E-state index in [-0.39, 0.29) is 29.1 Å². The Labute approximate surface area is 198 Å². The number of aryl methyl sites for hydroxylation is 1. The van der Waals surface area contributed by atoms with Gasteiger partial charge in [0.25, 0.3) is 11.5 Å². The second-order valence-corrected chi connectivity index (χ2v) is 8.32. The van der Waals surface area contributed by atoms with Crippen LogP contribution in [0.3, 0.4) is 0 Å². The zero-order chi connectivity index (χ0) is 24.2. The molecule has 0 aliphatic heterocycles. The van der Waals surface area contributed by atoms with Crippen molar-refractivity contribution < 1.29 is 19.1 Å². The third-order valence-electron chi connectivity index (χ3n) is 5.08. The smallest absolute Gasteiger partial charge is 0.339 e. The SMILES string of the molecule is COC(=O)c1ccccc1NC(=O)Cn1cnc2sc(C(=O)Nc3ccccc3)c(C)c2c1=O. The van der Waals surface area contributed by atoms with E-state index in [1.165, 1.54) is 19.5 Å². The standard InChI is InChI=1S/C24H20N4O5S/c1-14-19-22(34-20(14)21(30)26-15-8-4-3-5-9-15)25-13-28(23(19)31)12-18(29)27-17-11-7-6-10-16(17)24(32)33-2/h3-11,13H,12H2,1-2H3,(H,26,30)(H,27,29). The summed E-state index contributed by atoms with van der Waals surface area (Å²) in [5, 5.41) is 5.72. The first-order valence-corrected chi connectivity index (χ1v) is 11.0. The average molecular weight is 477 g/mol. The fourth-order valence-corrected chi connectivity index (χ4v) is 4.46. The summed E-state index contributed by atoms with van der Waals surface area (Å²) in [6.45, 7) is 1.36. The maximum atomic E-state index is 13.1. The molecule has 0 aliphatic rings. The number of amides is 2. The summed E-state index contributed by atoms with van der Waals surface area (Å²) in [5.41, 5.74) is 1.17. The molecule has 2 aromatic heterocycles. The molecule has 0 unspecified atom stereocenters. The van der Waals surface area contributed by atoms with E-state index in [0.29, 0.717) is 21.0 Å². The maximum Gasteiger partial charge on any atom is 0.339 e. The molecule has 0 atom stereocenters. The van der Waals surface area contributed by atoms with Gasteiger partial charge < -0.3 is 15.4 Å². The highest BCUT2D eigenvalue weighted by atomic mass is 32.1. The highest BCUT2D eigenvalue weighted by molar-refractivity contribution is 7.20. The summed E-state index contributed by atoms with van der Waals surface area (Å²) in [6.07, 6.45) is 1.27. The van der Waals surface area contributed by atoms with Crippen molar-refractivity contribution in [2.75, 3.05) is 17.7 Å². The highest BCUT2D eigenvalue weighted by Crippen LogP contribution is 2.27. The number of esters is 1. The van der Waals surface area contributed by atoms with Crippen LogP contribution in [0.25, 0.3) is 10.2 Å². The van der Waals surface area contributed by atoms with E-state index in [2.05, 4.69) is 15.6 Å². The van der Waals surface area contributed by atoms with Crippen LogP contribution in [0, 0.1) is 6.92 Å². The largest absolute Gasteiger partial charge is 0.465 e. The van der Waals surface area contributed by atoms with Crippen molar-refractivity contribution in [2.45, 2.75) is 13.5 Å². The second-order valence-electron chi connectivity index (χ2n) is 7.32. The van der Waals surface area contributed by atoms with E-state index in [1.54, 1.807) is 37.3 Å². The van der Waals surface area contributed by atoms with Gasteiger partial charge in [-0.05, 0) is 36.8 Å². The van der Waals surface area contributed by atoms with Gasteiger partial charge in [0.05, 0.1) is 35.0 Å². The Morgan fingerprint density at radius 2 is 1.74 bits per heavy atom. The zero-order valence-electron chi connectivity index (χ0n) is 18.3. The molecule has 0 aliphatic carbocycles. The van der Waals surface area contributed by atoms with Crippen LogP contribution >= 0.6 is 11.3 Å². The summed E-state index contributed by atoms with van der Waals surface area (Å²) in [4.78, 5) is 55.5. The number of thiophene rings is 1. The highest BCUT2D eigenvalue weighted by Gasteiger charge is 2.21. The molecule has 0 spiro atoms. The van der Waals surface area contributed by atoms with Crippen molar-refractivity contribution in [3.8, 4) is 0 Å². The van der Waals surface area contributed by atoms with Crippen molar-refractivity contribution in [1.29, 1.82) is 0 Å². The molecule has 34 heavy (non-hydrogen) atoms. The molecular weight excluding hydrogens is 456 g/mol. The van der Waals surface area contributed by atoms with Crippen LogP contribution < -0.4 is 16.2 Å². The Balaban J connectivity index is 1.58. The van der Waals surface area contributed by atoms with E-state index in [9.17, 15) is 19.2 Å². The molecule has 2 N–H and O–H groups in total. The molecular formula is C24H20N4O5S. The minimum absolute atomic E-state index is 0.196. The number of para-hydroxylation sites is 2. The van der Waals surface area contributed by atoms with Crippen LogP contribution in [-0.4, -0.2) is 34.4 Å². The van der Waals surface area contributed by atoms with Gasteiger partial charge in [-0.2, -0.15) is 0 Å². The summed E-state index contributed by atoms with van der Waals surface area (Å²) in [5.74, 6) is -1.45. The van der Waals surface area contributed by atoms with Gasteiger partial charge >= 0.3 is 5.97 Å². The minimum Gasteiger partial charge on any atom is -0.465 e. The van der Waals surface area contributed by atoms with Crippen molar-refractivity contribution in [3.63, 3.8) is 0 Å². The number of aromatic nitrogens is 2. The van der Waals surface area contributed by atoms with E-state index < -0.39 is 17.4 Å². The fourth-order valence-electron chi connectivity index (χ4n) is 3.42. The monoisotopic (exact) mass is 476 g/mol. The Morgan fingerprint density at radius 3 is 2.47 bits per heavy atom. The van der Waals surface area contributed by atoms with Gasteiger partial charge in [-0.3, -0.25) is 19.0 Å². The Morgan fingerprint density at radius 1 is 1.03 bits per heavy atom. The number of fused-ring (bicyclic) bond motifs is 1. The summed E-state index contributed by atoms with van der Waals surface area (Å²) in [7, 11) is 1.25. The van der Waals surface area contributed by atoms with Gasteiger partial charge in [-0.25, -0.2) is 9.78 Å². The van der Waals surface area contributed by atoms with Gasteiger partial charge in [0, 0.05) is 5.69 Å². The number of carbonyl (C=O) groups excluding carboxylic acids is 3. The van der Waals surface area contributed by atoms with E-state index in [4.69, 9.17) is 4.74 Å². The summed E-state index contributed by atoms with van der Waals surface area (Å²) >= 11 is 1.11. The first-order chi connectivity index (χ1) is 16.4. The molecule has 0 bridgehead atoms. The van der Waals surface area contributed by atoms with Crippen LogP contribution in [0.5, 0.6) is 0 Å². The molecule has 0 saturated carbocycles. The predicted molar refractivity (Wildman–Crippen MR) is 129 cm³/mol. The number of rotatable bonds is 6. The molecule has 0 saturated heterocycles. The number of hydrogen-bond acceptors (Lipinski definition) is 7. The molecule has 9 nitrogen and oxygen atoms in total. The molecule has 4 aromatic rings. The number of ether oxygens (including phenoxy) is 1. The number of nitrogens with zero attached hydrogens (tertiary/aromatic N) is 2. The number of nitrogens with one attached hydrogen (secondary N) is 2. The van der Waals surface area contributed by atoms with E-state index >= 15 is 0 Å². The molecule has 2 aromatic carbocycles. The Kier molecular flexibility index (Phi) is 6.51. The lowest BCUT2D eigenvalue weighted by molar-refractivity contribution is -0.116. The molecule has 2 heterocycles. The Bertz CT molecular complexity index is 1460. The molecule has 2 amide bonds. The lowest BCUT2D eigenvalue weighted by atomic mass is 10.2. The number of methoxy groups -OCH3 is 1. The number of carbonyl (C=O) groups is 3. The molecule has 0 fully saturated rings. The third kappa shape index (κ3) is 4.57. The van der Waals surface area contributed by atoms with E-state index in [0.717, 1.165) is 15.9 Å². The fraction of sp³-hybridized carbons (Fsp3) is 0.125.